The zero-order chi connectivity index (χ0) is 25.4. The first-order chi connectivity index (χ1) is 16.5. The van der Waals surface area contributed by atoms with Gasteiger partial charge in [-0.15, -0.1) is 0 Å². The quantitative estimate of drug-likeness (QED) is 0.396. The maximum Gasteiger partial charge on any atom is 0.419 e. The predicted octanol–water partition coefficient (Wildman–Crippen LogP) is 5.16. The number of rotatable bonds is 4. The summed E-state index contributed by atoms with van der Waals surface area (Å²) in [6, 6.07) is 5.47. The number of nitrogen functional groups attached to an aromatic ring is 1. The average Bonchev–Trinajstić information content (AvgIpc) is 3.00. The van der Waals surface area contributed by atoms with Gasteiger partial charge in [-0.05, 0) is 37.6 Å². The van der Waals surface area contributed by atoms with Gasteiger partial charge < -0.3 is 15.4 Å². The van der Waals surface area contributed by atoms with E-state index in [1.165, 1.54) is 29.3 Å². The summed E-state index contributed by atoms with van der Waals surface area (Å²) in [5, 5.41) is 0. The highest BCUT2D eigenvalue weighted by atomic mass is 19.4. The van der Waals surface area contributed by atoms with E-state index in [-0.39, 0.29) is 61.3 Å². The summed E-state index contributed by atoms with van der Waals surface area (Å²) in [6.07, 6.45) is -7.83. The van der Waals surface area contributed by atoms with E-state index in [1.54, 1.807) is 6.92 Å². The molecule has 186 valence electrons. The van der Waals surface area contributed by atoms with E-state index in [9.17, 15) is 26.3 Å². The molecule has 35 heavy (non-hydrogen) atoms. The maximum absolute atomic E-state index is 13.9. The molecule has 3 heterocycles. The Labute approximate surface area is 196 Å². The third-order valence-electron chi connectivity index (χ3n) is 5.63. The zero-order valence-corrected chi connectivity index (χ0v) is 18.5. The van der Waals surface area contributed by atoms with E-state index < -0.39 is 23.5 Å². The van der Waals surface area contributed by atoms with Gasteiger partial charge in [0.1, 0.15) is 5.82 Å². The van der Waals surface area contributed by atoms with Crippen molar-refractivity contribution in [3.8, 4) is 17.3 Å². The smallest absolute Gasteiger partial charge is 0.419 e. The molecular weight excluding hydrogens is 476 g/mol. The van der Waals surface area contributed by atoms with Crippen LogP contribution in [0.3, 0.4) is 0 Å². The van der Waals surface area contributed by atoms with Gasteiger partial charge in [0.2, 0.25) is 0 Å². The minimum absolute atomic E-state index is 0.0391. The van der Waals surface area contributed by atoms with Gasteiger partial charge in [0.05, 0.1) is 29.1 Å². The van der Waals surface area contributed by atoms with Gasteiger partial charge in [0.25, 0.3) is 0 Å². The van der Waals surface area contributed by atoms with E-state index >= 15 is 0 Å². The highest BCUT2D eigenvalue weighted by Crippen LogP contribution is 2.42. The van der Waals surface area contributed by atoms with Gasteiger partial charge in [-0.3, -0.25) is 0 Å². The Hall–Kier alpha value is -3.57. The second kappa shape index (κ2) is 9.23. The molecule has 0 bridgehead atoms. The van der Waals surface area contributed by atoms with Gasteiger partial charge in [0.15, 0.2) is 0 Å². The number of nitrogens with two attached hydrogens (primary N) is 1. The number of alkyl halides is 6. The molecule has 2 aromatic heterocycles. The summed E-state index contributed by atoms with van der Waals surface area (Å²) < 4.78 is 87.7. The van der Waals surface area contributed by atoms with E-state index in [1.807, 2.05) is 0 Å². The van der Waals surface area contributed by atoms with Gasteiger partial charge >= 0.3 is 18.4 Å². The molecule has 12 heteroatoms. The molecule has 4 rings (SSSR count). The molecule has 0 fully saturated rings. The van der Waals surface area contributed by atoms with Crippen LogP contribution in [-0.4, -0.2) is 34.6 Å². The molecule has 1 aliphatic rings. The molecule has 1 aromatic carbocycles. The monoisotopic (exact) mass is 497 g/mol. The summed E-state index contributed by atoms with van der Waals surface area (Å²) in [6.45, 7) is 2.02. The molecule has 3 aromatic rings. The van der Waals surface area contributed by atoms with Crippen LogP contribution in [0.4, 0.5) is 37.8 Å². The lowest BCUT2D eigenvalue weighted by molar-refractivity contribution is -0.138. The van der Waals surface area contributed by atoms with E-state index in [2.05, 4.69) is 15.0 Å². The Balaban J connectivity index is 1.83. The molecular formula is C23H21F6N5O. The number of benzene rings is 1. The van der Waals surface area contributed by atoms with E-state index in [0.29, 0.717) is 11.3 Å². The lowest BCUT2D eigenvalue weighted by atomic mass is 9.95. The van der Waals surface area contributed by atoms with Crippen LogP contribution < -0.4 is 15.4 Å². The Kier molecular flexibility index (Phi) is 6.48. The van der Waals surface area contributed by atoms with E-state index in [0.717, 1.165) is 12.1 Å². The van der Waals surface area contributed by atoms with Gasteiger partial charge in [0, 0.05) is 42.5 Å². The van der Waals surface area contributed by atoms with Crippen molar-refractivity contribution in [1.29, 1.82) is 0 Å². The van der Waals surface area contributed by atoms with Gasteiger partial charge in [-0.25, -0.2) is 4.98 Å². The molecule has 0 spiro atoms. The lowest BCUT2D eigenvalue weighted by Gasteiger charge is -2.24. The predicted molar refractivity (Wildman–Crippen MR) is 117 cm³/mol. The number of fused-ring (bicyclic) bond motifs is 1. The van der Waals surface area contributed by atoms with Crippen molar-refractivity contribution in [3.63, 3.8) is 0 Å². The number of pyridine rings is 1. The molecule has 0 amide bonds. The zero-order valence-electron chi connectivity index (χ0n) is 18.5. The summed E-state index contributed by atoms with van der Waals surface area (Å²) in [5.74, 6) is -0.248. The largest absolute Gasteiger partial charge is 0.464 e. The normalized spacial score (nSPS) is 14.4. The van der Waals surface area contributed by atoms with Crippen LogP contribution in [0.5, 0.6) is 6.01 Å². The highest BCUT2D eigenvalue weighted by molar-refractivity contribution is 5.80. The molecule has 0 unspecified atom stereocenters. The molecule has 0 atom stereocenters. The topological polar surface area (TPSA) is 77.2 Å². The second-order valence-corrected chi connectivity index (χ2v) is 7.84. The second-order valence-electron chi connectivity index (χ2n) is 7.84. The molecule has 0 saturated heterocycles. The molecule has 0 saturated carbocycles. The SMILES string of the molecule is CCOc1nc2c(c(-c3c(N)cccc3C(F)(F)F)n1)CCN(c1ncccc1C(F)(F)F)CC2. The summed E-state index contributed by atoms with van der Waals surface area (Å²) >= 11 is 0. The average molecular weight is 497 g/mol. The number of hydrogen-bond donors (Lipinski definition) is 1. The van der Waals surface area contributed by atoms with Gasteiger partial charge in [-0.1, -0.05) is 6.07 Å². The van der Waals surface area contributed by atoms with Crippen molar-refractivity contribution in [1.82, 2.24) is 15.0 Å². The molecule has 0 radical (unpaired) electrons. The number of nitrogens with zero attached hydrogens (tertiary/aromatic N) is 4. The number of anilines is 2. The fourth-order valence-corrected chi connectivity index (χ4v) is 4.13. The van der Waals surface area contributed by atoms with Crippen molar-refractivity contribution < 1.29 is 31.1 Å². The first kappa shape index (κ1) is 24.6. The van der Waals surface area contributed by atoms with Crippen LogP contribution in [0.15, 0.2) is 36.5 Å². The Morgan fingerprint density at radius 2 is 1.63 bits per heavy atom. The number of hydrogen-bond acceptors (Lipinski definition) is 6. The van der Waals surface area contributed by atoms with Crippen LogP contribution in [0, 0.1) is 0 Å². The third-order valence-corrected chi connectivity index (χ3v) is 5.63. The lowest BCUT2D eigenvalue weighted by Crippen LogP contribution is -2.29. The maximum atomic E-state index is 13.9. The fourth-order valence-electron chi connectivity index (χ4n) is 4.13. The summed E-state index contributed by atoms with van der Waals surface area (Å²) in [7, 11) is 0. The van der Waals surface area contributed by atoms with Crippen molar-refractivity contribution >= 4 is 11.5 Å². The minimum Gasteiger partial charge on any atom is -0.464 e. The molecule has 2 N–H and O–H groups in total. The Morgan fingerprint density at radius 3 is 2.31 bits per heavy atom. The Bertz CT molecular complexity index is 1230. The fraction of sp³-hybridized carbons (Fsp3) is 0.348. The summed E-state index contributed by atoms with van der Waals surface area (Å²) in [4.78, 5) is 14.0. The van der Waals surface area contributed by atoms with Crippen LogP contribution >= 0.6 is 0 Å². The van der Waals surface area contributed by atoms with Crippen LogP contribution in [0.2, 0.25) is 0 Å². The number of aromatic nitrogens is 3. The number of ether oxygens (including phenoxy) is 1. The van der Waals surface area contributed by atoms with Crippen LogP contribution in [0.25, 0.3) is 11.3 Å². The van der Waals surface area contributed by atoms with Crippen molar-refractivity contribution in [3.05, 3.63) is 58.9 Å². The Morgan fingerprint density at radius 1 is 0.943 bits per heavy atom. The van der Waals surface area contributed by atoms with E-state index in [4.69, 9.17) is 10.5 Å². The molecule has 1 aliphatic heterocycles. The third kappa shape index (κ3) is 4.96. The minimum atomic E-state index is -4.71. The van der Waals surface area contributed by atoms with Crippen molar-refractivity contribution in [2.75, 3.05) is 30.3 Å². The molecule has 6 nitrogen and oxygen atoms in total. The first-order valence-electron chi connectivity index (χ1n) is 10.8. The first-order valence-corrected chi connectivity index (χ1v) is 10.8. The number of halogens is 6. The van der Waals surface area contributed by atoms with Crippen molar-refractivity contribution in [2.24, 2.45) is 0 Å². The van der Waals surface area contributed by atoms with Gasteiger partial charge in [-0.2, -0.15) is 36.3 Å². The van der Waals surface area contributed by atoms with Crippen molar-refractivity contribution in [2.45, 2.75) is 32.1 Å². The van der Waals surface area contributed by atoms with Crippen LogP contribution in [0.1, 0.15) is 29.3 Å². The highest BCUT2D eigenvalue weighted by Gasteiger charge is 2.38. The standard InChI is InChI=1S/C23H21F6N5O/c1-2-35-21-32-17-9-12-34(20-15(23(27,28)29)6-4-10-31-20)11-8-13(17)19(33-21)18-14(22(24,25)26)5-3-7-16(18)30/h3-7,10H,2,8-9,11-12,30H2,1H3. The van der Waals surface area contributed by atoms with Crippen LogP contribution in [-0.2, 0) is 25.2 Å². The molecule has 0 aliphatic carbocycles. The summed E-state index contributed by atoms with van der Waals surface area (Å²) in [5.41, 5.74) is 4.42.